The smallest absolute Gasteiger partial charge is 0.242 e. The monoisotopic (exact) mass is 402 g/mol. The minimum Gasteiger partial charge on any atom is -0.496 e. The first-order chi connectivity index (χ1) is 14.7. The number of rotatable bonds is 7. The zero-order valence-electron chi connectivity index (χ0n) is 17.0. The first-order valence-electron chi connectivity index (χ1n) is 10.2. The fourth-order valence-corrected chi connectivity index (χ4v) is 3.76. The Morgan fingerprint density at radius 1 is 1.03 bits per heavy atom. The van der Waals surface area contributed by atoms with Crippen LogP contribution in [0.2, 0.25) is 0 Å². The second-order valence-corrected chi connectivity index (χ2v) is 7.42. The summed E-state index contributed by atoms with van der Waals surface area (Å²) in [6.07, 6.45) is 6.12. The number of hydrogen-bond donors (Lipinski definition) is 3. The quantitative estimate of drug-likeness (QED) is 0.565. The highest BCUT2D eigenvalue weighted by Crippen LogP contribution is 2.30. The lowest BCUT2D eigenvalue weighted by molar-refractivity contribution is -0.117. The van der Waals surface area contributed by atoms with Gasteiger partial charge < -0.3 is 10.1 Å². The van der Waals surface area contributed by atoms with Crippen molar-refractivity contribution in [1.82, 2.24) is 15.8 Å². The maximum atomic E-state index is 12.8. The number of pyridine rings is 1. The SMILES string of the molecule is COc1ccccc1C1CC(C(=O)Nc2cccc(CCc3ccncc3)c2)NN1. The van der Waals surface area contributed by atoms with Crippen LogP contribution in [0.1, 0.15) is 29.2 Å². The molecule has 154 valence electrons. The van der Waals surface area contributed by atoms with E-state index in [1.165, 1.54) is 11.1 Å². The Morgan fingerprint density at radius 3 is 2.67 bits per heavy atom. The Bertz CT molecular complexity index is 993. The first kappa shape index (κ1) is 20.1. The van der Waals surface area contributed by atoms with E-state index in [2.05, 4.69) is 27.2 Å². The molecule has 30 heavy (non-hydrogen) atoms. The molecule has 1 fully saturated rings. The van der Waals surface area contributed by atoms with Gasteiger partial charge >= 0.3 is 0 Å². The molecule has 2 heterocycles. The van der Waals surface area contributed by atoms with E-state index in [4.69, 9.17) is 4.74 Å². The van der Waals surface area contributed by atoms with E-state index in [1.807, 2.05) is 67.0 Å². The van der Waals surface area contributed by atoms with Gasteiger partial charge in [-0.2, -0.15) is 0 Å². The number of hydrazine groups is 1. The molecule has 6 nitrogen and oxygen atoms in total. The highest BCUT2D eigenvalue weighted by atomic mass is 16.5. The van der Waals surface area contributed by atoms with Crippen molar-refractivity contribution in [2.45, 2.75) is 31.3 Å². The van der Waals surface area contributed by atoms with E-state index >= 15 is 0 Å². The number of aromatic nitrogens is 1. The van der Waals surface area contributed by atoms with Crippen LogP contribution in [0.3, 0.4) is 0 Å². The summed E-state index contributed by atoms with van der Waals surface area (Å²) in [7, 11) is 1.66. The highest BCUT2D eigenvalue weighted by molar-refractivity contribution is 5.95. The maximum absolute atomic E-state index is 12.8. The molecule has 0 radical (unpaired) electrons. The number of nitrogens with one attached hydrogen (secondary N) is 3. The molecule has 2 aromatic carbocycles. The number of para-hydroxylation sites is 1. The van der Waals surface area contributed by atoms with Crippen LogP contribution in [0.4, 0.5) is 5.69 Å². The Labute approximate surface area is 176 Å². The van der Waals surface area contributed by atoms with Crippen molar-refractivity contribution in [2.75, 3.05) is 12.4 Å². The van der Waals surface area contributed by atoms with Gasteiger partial charge in [0, 0.05) is 23.6 Å². The summed E-state index contributed by atoms with van der Waals surface area (Å²) in [5.74, 6) is 0.769. The summed E-state index contributed by atoms with van der Waals surface area (Å²) in [5, 5.41) is 3.04. The number of methoxy groups -OCH3 is 1. The number of benzene rings is 2. The lowest BCUT2D eigenvalue weighted by Crippen LogP contribution is -2.39. The minimum atomic E-state index is -0.319. The van der Waals surface area contributed by atoms with Crippen LogP contribution >= 0.6 is 0 Å². The molecule has 1 aliphatic heterocycles. The summed E-state index contributed by atoms with van der Waals surface area (Å²) < 4.78 is 5.45. The van der Waals surface area contributed by atoms with Crippen molar-refractivity contribution in [3.05, 3.63) is 89.7 Å². The second-order valence-electron chi connectivity index (χ2n) is 7.42. The Morgan fingerprint density at radius 2 is 1.83 bits per heavy atom. The van der Waals surface area contributed by atoms with Crippen LogP contribution in [-0.2, 0) is 17.6 Å². The van der Waals surface area contributed by atoms with Gasteiger partial charge in [0.05, 0.1) is 13.2 Å². The third kappa shape index (κ3) is 4.84. The number of hydrogen-bond acceptors (Lipinski definition) is 5. The van der Waals surface area contributed by atoms with Crippen molar-refractivity contribution in [2.24, 2.45) is 0 Å². The third-order valence-electron chi connectivity index (χ3n) is 5.38. The van der Waals surface area contributed by atoms with Crippen molar-refractivity contribution in [3.8, 4) is 5.75 Å². The predicted molar refractivity (Wildman–Crippen MR) is 117 cm³/mol. The molecule has 1 aliphatic rings. The lowest BCUT2D eigenvalue weighted by Gasteiger charge is -2.14. The highest BCUT2D eigenvalue weighted by Gasteiger charge is 2.31. The molecule has 4 rings (SSSR count). The fourth-order valence-electron chi connectivity index (χ4n) is 3.76. The van der Waals surface area contributed by atoms with Crippen LogP contribution in [0, 0.1) is 0 Å². The third-order valence-corrected chi connectivity index (χ3v) is 5.38. The summed E-state index contributed by atoms with van der Waals surface area (Å²) >= 11 is 0. The molecule has 0 bridgehead atoms. The molecule has 3 aromatic rings. The van der Waals surface area contributed by atoms with Gasteiger partial charge in [-0.25, -0.2) is 10.9 Å². The molecule has 1 aromatic heterocycles. The second kappa shape index (κ2) is 9.52. The molecule has 0 spiro atoms. The van der Waals surface area contributed by atoms with E-state index in [0.29, 0.717) is 6.42 Å². The fraction of sp³-hybridized carbons (Fsp3) is 0.250. The zero-order valence-corrected chi connectivity index (χ0v) is 17.0. The zero-order chi connectivity index (χ0) is 20.8. The molecular weight excluding hydrogens is 376 g/mol. The first-order valence-corrected chi connectivity index (χ1v) is 10.2. The van der Waals surface area contributed by atoms with E-state index < -0.39 is 0 Å². The maximum Gasteiger partial charge on any atom is 0.242 e. The lowest BCUT2D eigenvalue weighted by atomic mass is 10.0. The van der Waals surface area contributed by atoms with Gasteiger partial charge in [0.2, 0.25) is 5.91 Å². The molecule has 2 unspecified atom stereocenters. The molecular formula is C24H26N4O2. The summed E-state index contributed by atoms with van der Waals surface area (Å²) in [4.78, 5) is 16.8. The van der Waals surface area contributed by atoms with Crippen LogP contribution < -0.4 is 20.9 Å². The van der Waals surface area contributed by atoms with Crippen LogP contribution in [-0.4, -0.2) is 24.0 Å². The number of carbonyl (C=O) groups excluding carboxylic acids is 1. The Balaban J connectivity index is 1.35. The van der Waals surface area contributed by atoms with Gasteiger partial charge in [0.15, 0.2) is 0 Å². The van der Waals surface area contributed by atoms with E-state index in [0.717, 1.165) is 29.8 Å². The molecule has 3 N–H and O–H groups in total. The van der Waals surface area contributed by atoms with Gasteiger partial charge in [0.25, 0.3) is 0 Å². The van der Waals surface area contributed by atoms with Crippen LogP contribution in [0.25, 0.3) is 0 Å². The van der Waals surface area contributed by atoms with Gasteiger partial charge in [0.1, 0.15) is 11.8 Å². The van der Waals surface area contributed by atoms with Crippen molar-refractivity contribution in [3.63, 3.8) is 0 Å². The van der Waals surface area contributed by atoms with Crippen molar-refractivity contribution >= 4 is 11.6 Å². The van der Waals surface area contributed by atoms with Crippen molar-refractivity contribution < 1.29 is 9.53 Å². The van der Waals surface area contributed by atoms with Gasteiger partial charge in [-0.05, 0) is 60.7 Å². The molecule has 6 heteroatoms. The molecule has 2 atom stereocenters. The molecule has 1 saturated heterocycles. The topological polar surface area (TPSA) is 75.3 Å². The summed E-state index contributed by atoms with van der Waals surface area (Å²) in [6, 6.07) is 19.7. The normalized spacial score (nSPS) is 18.2. The average molecular weight is 402 g/mol. The summed E-state index contributed by atoms with van der Waals surface area (Å²) in [5.41, 5.74) is 10.6. The van der Waals surface area contributed by atoms with Crippen LogP contribution in [0.15, 0.2) is 73.1 Å². The standard InChI is InChI=1S/C24H26N4O2/c1-30-23-8-3-2-7-20(23)21-16-22(28-27-21)24(29)26-19-6-4-5-18(15-19)10-9-17-11-13-25-14-12-17/h2-8,11-15,21-22,27-28H,9-10,16H2,1H3,(H,26,29). The summed E-state index contributed by atoms with van der Waals surface area (Å²) in [6.45, 7) is 0. The number of ether oxygens (including phenoxy) is 1. The van der Waals surface area contributed by atoms with E-state index in [9.17, 15) is 4.79 Å². The molecule has 1 amide bonds. The van der Waals surface area contributed by atoms with Crippen molar-refractivity contribution in [1.29, 1.82) is 0 Å². The average Bonchev–Trinajstić information content (AvgIpc) is 3.29. The number of anilines is 1. The predicted octanol–water partition coefficient (Wildman–Crippen LogP) is 3.42. The number of carbonyl (C=O) groups is 1. The Kier molecular flexibility index (Phi) is 6.37. The molecule has 0 saturated carbocycles. The van der Waals surface area contributed by atoms with Gasteiger partial charge in [-0.15, -0.1) is 0 Å². The number of amides is 1. The Hall–Kier alpha value is -3.22. The minimum absolute atomic E-state index is 0.0172. The van der Waals surface area contributed by atoms with E-state index in [1.54, 1.807) is 7.11 Å². The number of nitrogens with zero attached hydrogens (tertiary/aromatic N) is 1. The largest absolute Gasteiger partial charge is 0.496 e. The van der Waals surface area contributed by atoms with Gasteiger partial charge in [-0.3, -0.25) is 9.78 Å². The molecule has 0 aliphatic carbocycles. The van der Waals surface area contributed by atoms with Gasteiger partial charge in [-0.1, -0.05) is 30.3 Å². The van der Waals surface area contributed by atoms with E-state index in [-0.39, 0.29) is 18.0 Å². The number of aryl methyl sites for hydroxylation is 2. The van der Waals surface area contributed by atoms with Crippen LogP contribution in [0.5, 0.6) is 5.75 Å².